The number of ether oxygens (including phenoxy) is 2. The van der Waals surface area contributed by atoms with E-state index in [4.69, 9.17) is 9.47 Å². The number of sulfonamides is 2. The second-order valence-electron chi connectivity index (χ2n) is 9.91. The van der Waals surface area contributed by atoms with Crippen LogP contribution in [0, 0.1) is 0 Å². The second kappa shape index (κ2) is 12.7. The van der Waals surface area contributed by atoms with E-state index >= 15 is 0 Å². The zero-order valence-electron chi connectivity index (χ0n) is 23.4. The van der Waals surface area contributed by atoms with Gasteiger partial charge >= 0.3 is 0 Å². The monoisotopic (exact) mass is 611 g/mol. The number of benzene rings is 2. The maximum Gasteiger partial charge on any atom is 0.243 e. The first-order valence-electron chi connectivity index (χ1n) is 13.5. The van der Waals surface area contributed by atoms with Gasteiger partial charge in [0.1, 0.15) is 12.4 Å². The molecule has 42 heavy (non-hydrogen) atoms. The molecule has 1 saturated heterocycles. The molecule has 2 aromatic carbocycles. The van der Waals surface area contributed by atoms with E-state index in [9.17, 15) is 16.8 Å². The lowest BCUT2D eigenvalue weighted by Crippen LogP contribution is -2.27. The normalized spacial score (nSPS) is 16.0. The van der Waals surface area contributed by atoms with Crippen molar-refractivity contribution in [1.29, 1.82) is 0 Å². The summed E-state index contributed by atoms with van der Waals surface area (Å²) in [5.74, 6) is 0.542. The largest absolute Gasteiger partial charge is 0.487 e. The first-order valence-corrected chi connectivity index (χ1v) is 16.4. The van der Waals surface area contributed by atoms with Crippen LogP contribution in [0.15, 0.2) is 88.9 Å². The van der Waals surface area contributed by atoms with Crippen molar-refractivity contribution >= 4 is 20.0 Å². The van der Waals surface area contributed by atoms with Gasteiger partial charge in [0, 0.05) is 26.4 Å². The fourth-order valence-corrected chi connectivity index (χ4v) is 6.72. The van der Waals surface area contributed by atoms with Crippen LogP contribution in [-0.4, -0.2) is 56.6 Å². The Balaban J connectivity index is 1.24. The summed E-state index contributed by atoms with van der Waals surface area (Å²) in [4.78, 5) is 4.73. The molecular weight excluding hydrogens is 578 g/mol. The van der Waals surface area contributed by atoms with Gasteiger partial charge in [0.25, 0.3) is 0 Å². The van der Waals surface area contributed by atoms with E-state index in [0.29, 0.717) is 16.9 Å². The fourth-order valence-electron chi connectivity index (χ4n) is 4.69. The van der Waals surface area contributed by atoms with Gasteiger partial charge in [-0.3, -0.25) is 4.98 Å². The smallest absolute Gasteiger partial charge is 0.243 e. The molecule has 11 nitrogen and oxygen atoms in total. The van der Waals surface area contributed by atoms with Crippen molar-refractivity contribution < 1.29 is 26.3 Å². The highest BCUT2D eigenvalue weighted by Gasteiger charge is 2.23. The number of aromatic nitrogens is 3. The molecule has 1 aliphatic heterocycles. The molecule has 5 rings (SSSR count). The third-order valence-corrected chi connectivity index (χ3v) is 10.2. The summed E-state index contributed by atoms with van der Waals surface area (Å²) >= 11 is 0. The van der Waals surface area contributed by atoms with Crippen molar-refractivity contribution in [2.45, 2.75) is 48.4 Å². The topological polar surface area (TPSA) is 133 Å². The Morgan fingerprint density at radius 1 is 1.00 bits per heavy atom. The van der Waals surface area contributed by atoms with E-state index in [2.05, 4.69) is 14.8 Å². The predicted molar refractivity (Wildman–Crippen MR) is 156 cm³/mol. The molecule has 4 aromatic rings. The first-order chi connectivity index (χ1) is 20.2. The van der Waals surface area contributed by atoms with Crippen LogP contribution in [0.4, 0.5) is 0 Å². The van der Waals surface area contributed by atoms with Gasteiger partial charge in [-0.25, -0.2) is 26.2 Å². The van der Waals surface area contributed by atoms with Crippen LogP contribution in [-0.2, 0) is 37.9 Å². The fraction of sp³-hybridized carbons (Fsp3) is 0.310. The molecule has 1 unspecified atom stereocenters. The molecule has 222 valence electrons. The third-order valence-electron chi connectivity index (χ3n) is 6.99. The second-order valence-corrected chi connectivity index (χ2v) is 13.8. The minimum atomic E-state index is -3.86. The van der Waals surface area contributed by atoms with Crippen molar-refractivity contribution in [2.24, 2.45) is 0 Å². The number of nitrogens with zero attached hydrogens (tertiary/aromatic N) is 4. The van der Waals surface area contributed by atoms with Crippen LogP contribution in [0.3, 0.4) is 0 Å². The van der Waals surface area contributed by atoms with Crippen LogP contribution in [0.25, 0.3) is 11.4 Å². The van der Waals surface area contributed by atoms with Crippen molar-refractivity contribution in [2.75, 3.05) is 20.7 Å². The molecule has 1 aliphatic rings. The lowest BCUT2D eigenvalue weighted by Gasteiger charge is -2.24. The number of hydrogen-bond donors (Lipinski definition) is 1. The highest BCUT2D eigenvalue weighted by atomic mass is 32.2. The zero-order chi connectivity index (χ0) is 29.7. The molecule has 13 heteroatoms. The van der Waals surface area contributed by atoms with Crippen molar-refractivity contribution in [3.05, 3.63) is 90.3 Å². The van der Waals surface area contributed by atoms with Gasteiger partial charge in [-0.15, -0.1) is 0 Å². The molecule has 1 N–H and O–H groups in total. The number of nitrogens with one attached hydrogen (secondary N) is 1. The predicted octanol–water partition coefficient (Wildman–Crippen LogP) is 3.95. The number of rotatable bonds is 11. The van der Waals surface area contributed by atoms with Gasteiger partial charge < -0.3 is 9.47 Å². The van der Waals surface area contributed by atoms with Crippen LogP contribution < -0.4 is 9.46 Å². The molecule has 0 bridgehead atoms. The molecule has 1 atom stereocenters. The molecule has 1 fully saturated rings. The first kappa shape index (κ1) is 29.9. The molecule has 0 radical (unpaired) electrons. The molecule has 0 spiro atoms. The SMILES string of the molecule is CNS(=O)(=O)c1cccc(CN(C)S(=O)(=O)c2cccc(COc3ccc(-c4ccnn4C4CCCCO4)nc3)c2)c1. The van der Waals surface area contributed by atoms with Crippen molar-refractivity contribution in [3.8, 4) is 17.1 Å². The summed E-state index contributed by atoms with van der Waals surface area (Å²) in [5.41, 5.74) is 2.83. The van der Waals surface area contributed by atoms with Crippen LogP contribution in [0.5, 0.6) is 5.75 Å². The quantitative estimate of drug-likeness (QED) is 0.270. The zero-order valence-corrected chi connectivity index (χ0v) is 25.0. The van der Waals surface area contributed by atoms with Gasteiger partial charge in [0.2, 0.25) is 20.0 Å². The Kier molecular flexibility index (Phi) is 9.04. The molecular formula is C29H33N5O6S2. The number of pyridine rings is 1. The molecule has 2 aromatic heterocycles. The van der Waals surface area contributed by atoms with Crippen molar-refractivity contribution in [3.63, 3.8) is 0 Å². The minimum absolute atomic E-state index is 0.0000714. The highest BCUT2D eigenvalue weighted by molar-refractivity contribution is 7.89. The summed E-state index contributed by atoms with van der Waals surface area (Å²) < 4.78 is 68.0. The molecule has 0 saturated carbocycles. The van der Waals surface area contributed by atoms with Gasteiger partial charge in [0.05, 0.1) is 27.4 Å². The third kappa shape index (κ3) is 6.71. The average molecular weight is 612 g/mol. The van der Waals surface area contributed by atoms with E-state index < -0.39 is 20.0 Å². The Morgan fingerprint density at radius 2 is 1.76 bits per heavy atom. The maximum absolute atomic E-state index is 13.3. The lowest BCUT2D eigenvalue weighted by molar-refractivity contribution is -0.0384. The summed E-state index contributed by atoms with van der Waals surface area (Å²) in [7, 11) is -4.72. The average Bonchev–Trinajstić information content (AvgIpc) is 3.51. The Bertz CT molecular complexity index is 1730. The summed E-state index contributed by atoms with van der Waals surface area (Å²) in [5, 5.41) is 4.44. The van der Waals surface area contributed by atoms with E-state index in [1.54, 1.807) is 42.7 Å². The standard InChI is InChI=1S/C29H33N5O6S2/c1-30-41(35,36)25-9-5-7-22(17-25)20-33(2)42(37,38)26-10-6-8-23(18-26)21-40-24-12-13-27(31-19-24)28-14-15-32-34(28)29-11-3-4-16-39-29/h5-10,12-15,17-19,29-30H,3-4,11,16,20-21H2,1-2H3. The number of hydrogen-bond acceptors (Lipinski definition) is 8. The van der Waals surface area contributed by atoms with Crippen LogP contribution in [0.1, 0.15) is 36.6 Å². The van der Waals surface area contributed by atoms with Gasteiger partial charge in [-0.05, 0) is 79.9 Å². The van der Waals surface area contributed by atoms with Crippen molar-refractivity contribution in [1.82, 2.24) is 23.8 Å². The van der Waals surface area contributed by atoms with E-state index in [0.717, 1.165) is 37.3 Å². The van der Waals surface area contributed by atoms with Gasteiger partial charge in [0.15, 0.2) is 6.23 Å². The molecule has 0 amide bonds. The van der Waals surface area contributed by atoms with Crippen LogP contribution >= 0.6 is 0 Å². The molecule has 3 heterocycles. The highest BCUT2D eigenvalue weighted by Crippen LogP contribution is 2.28. The van der Waals surface area contributed by atoms with Gasteiger partial charge in [-0.1, -0.05) is 24.3 Å². The molecule has 0 aliphatic carbocycles. The van der Waals surface area contributed by atoms with E-state index in [1.165, 1.54) is 36.6 Å². The Morgan fingerprint density at radius 3 is 2.48 bits per heavy atom. The minimum Gasteiger partial charge on any atom is -0.487 e. The Hall–Kier alpha value is -3.62. The van der Waals surface area contributed by atoms with E-state index in [-0.39, 0.29) is 29.2 Å². The summed E-state index contributed by atoms with van der Waals surface area (Å²) in [6.45, 7) is 0.867. The lowest BCUT2D eigenvalue weighted by atomic mass is 10.2. The Labute approximate surface area is 246 Å². The van der Waals surface area contributed by atoms with E-state index in [1.807, 2.05) is 22.9 Å². The maximum atomic E-state index is 13.3. The van der Waals surface area contributed by atoms with Gasteiger partial charge in [-0.2, -0.15) is 9.40 Å². The van der Waals surface area contributed by atoms with Crippen LogP contribution in [0.2, 0.25) is 0 Å². The summed E-state index contributed by atoms with van der Waals surface area (Å²) in [6.07, 6.45) is 6.34. The summed E-state index contributed by atoms with van der Waals surface area (Å²) in [6, 6.07) is 18.3.